The molecule has 3 heteroatoms. The number of carbonyl (C=O) groups is 1. The summed E-state index contributed by atoms with van der Waals surface area (Å²) in [4.78, 5) is 12.9. The van der Waals surface area contributed by atoms with E-state index in [0.29, 0.717) is 18.9 Å². The molecule has 1 aromatic carbocycles. The van der Waals surface area contributed by atoms with E-state index < -0.39 is 0 Å². The number of ether oxygens (including phenoxy) is 1. The Balaban J connectivity index is 2.13. The first-order valence-corrected chi connectivity index (χ1v) is 8.58. The van der Waals surface area contributed by atoms with E-state index in [1.165, 1.54) is 24.2 Å². The van der Waals surface area contributed by atoms with Gasteiger partial charge in [0.25, 0.3) is 0 Å². The van der Waals surface area contributed by atoms with Crippen molar-refractivity contribution in [3.8, 4) is 0 Å². The van der Waals surface area contributed by atoms with Crippen molar-refractivity contribution in [2.45, 2.75) is 50.8 Å². The van der Waals surface area contributed by atoms with Gasteiger partial charge in [0.05, 0.1) is 13.0 Å². The Labute approximate surface area is 127 Å². The molecule has 0 saturated heterocycles. The Morgan fingerprint density at radius 2 is 2.00 bits per heavy atom. The van der Waals surface area contributed by atoms with E-state index >= 15 is 0 Å². The highest BCUT2D eigenvalue weighted by atomic mass is 32.2. The van der Waals surface area contributed by atoms with Crippen LogP contribution in [0.4, 0.5) is 0 Å². The van der Waals surface area contributed by atoms with Crippen LogP contribution in [0.25, 0.3) is 0 Å². The van der Waals surface area contributed by atoms with Crippen molar-refractivity contribution in [2.75, 3.05) is 12.4 Å². The smallest absolute Gasteiger partial charge is 0.306 e. The summed E-state index contributed by atoms with van der Waals surface area (Å²) in [6.07, 6.45) is 5.17. The Morgan fingerprint density at radius 1 is 1.25 bits per heavy atom. The minimum Gasteiger partial charge on any atom is -0.465 e. The lowest BCUT2D eigenvalue weighted by molar-refractivity contribution is -0.144. The lowest BCUT2D eigenvalue weighted by atomic mass is 10.0. The molecule has 1 aromatic rings. The zero-order chi connectivity index (χ0) is 14.6. The normalized spacial score (nSPS) is 12.1. The monoisotopic (exact) mass is 294 g/mol. The third-order valence-corrected chi connectivity index (χ3v) is 4.36. The second-order valence-electron chi connectivity index (χ2n) is 5.01. The summed E-state index contributed by atoms with van der Waals surface area (Å²) < 4.78 is 5.38. The number of unbranched alkanes of at least 4 members (excludes halogenated alkanes) is 1. The largest absolute Gasteiger partial charge is 0.465 e. The number of carbonyl (C=O) groups excluding carboxylic acids is 1. The van der Waals surface area contributed by atoms with Crippen LogP contribution in [0.2, 0.25) is 0 Å². The van der Waals surface area contributed by atoms with E-state index in [4.69, 9.17) is 4.74 Å². The molecule has 0 bridgehead atoms. The van der Waals surface area contributed by atoms with Gasteiger partial charge in [-0.2, -0.15) is 0 Å². The van der Waals surface area contributed by atoms with Crippen LogP contribution in [0.5, 0.6) is 0 Å². The first-order chi connectivity index (χ1) is 9.76. The minimum absolute atomic E-state index is 0.0663. The van der Waals surface area contributed by atoms with Crippen molar-refractivity contribution in [3.63, 3.8) is 0 Å². The number of hydrogen-bond acceptors (Lipinski definition) is 3. The van der Waals surface area contributed by atoms with Gasteiger partial charge < -0.3 is 4.74 Å². The molecule has 0 aliphatic carbocycles. The lowest BCUT2D eigenvalue weighted by Crippen LogP contribution is -2.14. The van der Waals surface area contributed by atoms with E-state index in [9.17, 15) is 4.79 Å². The summed E-state index contributed by atoms with van der Waals surface area (Å²) in [6, 6.07) is 10.2. The molecule has 0 radical (unpaired) electrons. The van der Waals surface area contributed by atoms with E-state index in [1.807, 2.05) is 18.2 Å². The number of rotatable bonds is 10. The Kier molecular flexibility index (Phi) is 9.22. The summed E-state index contributed by atoms with van der Waals surface area (Å²) in [5, 5.41) is 0. The average molecular weight is 294 g/mol. The van der Waals surface area contributed by atoms with Gasteiger partial charge in [-0.15, -0.1) is 11.8 Å². The molecule has 0 aliphatic rings. The van der Waals surface area contributed by atoms with Crippen LogP contribution in [0.15, 0.2) is 35.2 Å². The molecular weight excluding hydrogens is 268 g/mol. The highest BCUT2D eigenvalue weighted by Gasteiger charge is 2.10. The molecule has 0 spiro atoms. The van der Waals surface area contributed by atoms with Crippen molar-refractivity contribution in [2.24, 2.45) is 5.92 Å². The highest BCUT2D eigenvalue weighted by molar-refractivity contribution is 7.99. The molecule has 1 rings (SSSR count). The van der Waals surface area contributed by atoms with E-state index in [1.54, 1.807) is 11.8 Å². The molecule has 112 valence electrons. The van der Waals surface area contributed by atoms with Gasteiger partial charge in [0.15, 0.2) is 0 Å². The SMILES string of the molecule is CCCCC(CC)COC(=O)CCSc1ccccc1. The Morgan fingerprint density at radius 3 is 2.65 bits per heavy atom. The van der Waals surface area contributed by atoms with Crippen molar-refractivity contribution < 1.29 is 9.53 Å². The van der Waals surface area contributed by atoms with Crippen molar-refractivity contribution in [3.05, 3.63) is 30.3 Å². The summed E-state index contributed by atoms with van der Waals surface area (Å²) in [6.45, 7) is 4.95. The van der Waals surface area contributed by atoms with Gasteiger partial charge in [-0.05, 0) is 24.5 Å². The maximum Gasteiger partial charge on any atom is 0.306 e. The van der Waals surface area contributed by atoms with E-state index in [-0.39, 0.29) is 5.97 Å². The number of benzene rings is 1. The van der Waals surface area contributed by atoms with Crippen LogP contribution in [-0.4, -0.2) is 18.3 Å². The fourth-order valence-corrected chi connectivity index (χ4v) is 2.80. The number of thioether (sulfide) groups is 1. The van der Waals surface area contributed by atoms with E-state index in [0.717, 1.165) is 12.2 Å². The summed E-state index contributed by atoms with van der Waals surface area (Å²) in [5.74, 6) is 1.25. The number of esters is 1. The van der Waals surface area contributed by atoms with Gasteiger partial charge in [0, 0.05) is 10.6 Å². The fourth-order valence-electron chi connectivity index (χ4n) is 1.95. The second-order valence-corrected chi connectivity index (χ2v) is 6.18. The van der Waals surface area contributed by atoms with Crippen LogP contribution >= 0.6 is 11.8 Å². The molecule has 0 N–H and O–H groups in total. The Bertz CT molecular complexity index is 365. The van der Waals surface area contributed by atoms with Crippen molar-refractivity contribution >= 4 is 17.7 Å². The van der Waals surface area contributed by atoms with Crippen molar-refractivity contribution in [1.29, 1.82) is 0 Å². The summed E-state index contributed by atoms with van der Waals surface area (Å²) in [5.41, 5.74) is 0. The van der Waals surface area contributed by atoms with Crippen molar-refractivity contribution in [1.82, 2.24) is 0 Å². The first-order valence-electron chi connectivity index (χ1n) is 7.59. The Hall–Kier alpha value is -0.960. The zero-order valence-corrected chi connectivity index (χ0v) is 13.5. The van der Waals surface area contributed by atoms with Crippen LogP contribution < -0.4 is 0 Å². The highest BCUT2D eigenvalue weighted by Crippen LogP contribution is 2.18. The standard InChI is InChI=1S/C17H26O2S/c1-3-5-9-15(4-2)14-19-17(18)12-13-20-16-10-7-6-8-11-16/h6-8,10-11,15H,3-5,9,12-14H2,1-2H3. The second kappa shape index (κ2) is 10.8. The zero-order valence-electron chi connectivity index (χ0n) is 12.6. The quantitative estimate of drug-likeness (QED) is 0.452. The van der Waals surface area contributed by atoms with Crippen LogP contribution in [0.1, 0.15) is 46.0 Å². The minimum atomic E-state index is -0.0663. The summed E-state index contributed by atoms with van der Waals surface area (Å²) >= 11 is 1.70. The lowest BCUT2D eigenvalue weighted by Gasteiger charge is -2.14. The molecule has 2 nitrogen and oxygen atoms in total. The van der Waals surface area contributed by atoms with Gasteiger partial charge in [-0.25, -0.2) is 0 Å². The maximum atomic E-state index is 11.7. The molecule has 0 heterocycles. The van der Waals surface area contributed by atoms with Gasteiger partial charge >= 0.3 is 5.97 Å². The van der Waals surface area contributed by atoms with E-state index in [2.05, 4.69) is 26.0 Å². The molecule has 20 heavy (non-hydrogen) atoms. The van der Waals surface area contributed by atoms with Gasteiger partial charge in [-0.3, -0.25) is 4.79 Å². The number of hydrogen-bond donors (Lipinski definition) is 0. The third-order valence-electron chi connectivity index (χ3n) is 3.34. The molecule has 0 saturated carbocycles. The van der Waals surface area contributed by atoms with Crippen LogP contribution in [0, 0.1) is 5.92 Å². The average Bonchev–Trinajstić information content (AvgIpc) is 2.48. The molecular formula is C17H26O2S. The fraction of sp³-hybridized carbons (Fsp3) is 0.588. The molecule has 1 atom stereocenters. The predicted octanol–water partition coefficient (Wildman–Crippen LogP) is 4.93. The maximum absolute atomic E-state index is 11.7. The molecule has 1 unspecified atom stereocenters. The van der Waals surface area contributed by atoms with Crippen LogP contribution in [0.3, 0.4) is 0 Å². The van der Waals surface area contributed by atoms with Gasteiger partial charge in [0.2, 0.25) is 0 Å². The topological polar surface area (TPSA) is 26.3 Å². The molecule has 0 aliphatic heterocycles. The van der Waals surface area contributed by atoms with Crippen LogP contribution in [-0.2, 0) is 9.53 Å². The molecule has 0 fully saturated rings. The molecule has 0 aromatic heterocycles. The first kappa shape index (κ1) is 17.1. The molecule has 0 amide bonds. The van der Waals surface area contributed by atoms with Gasteiger partial charge in [0.1, 0.15) is 0 Å². The summed E-state index contributed by atoms with van der Waals surface area (Å²) in [7, 11) is 0. The predicted molar refractivity (Wildman–Crippen MR) is 86.0 cm³/mol. The van der Waals surface area contributed by atoms with Gasteiger partial charge in [-0.1, -0.05) is 51.3 Å². The third kappa shape index (κ3) is 7.59.